The average molecular weight is 349 g/mol. The summed E-state index contributed by atoms with van der Waals surface area (Å²) in [5.74, 6) is 0. The van der Waals surface area contributed by atoms with Crippen LogP contribution in [0.5, 0.6) is 0 Å². The van der Waals surface area contributed by atoms with Gasteiger partial charge in [-0.05, 0) is 28.1 Å². The van der Waals surface area contributed by atoms with Crippen LogP contribution in [0.15, 0.2) is 21.5 Å². The summed E-state index contributed by atoms with van der Waals surface area (Å²) in [5.41, 5.74) is -1.80. The Labute approximate surface area is 107 Å². The fourth-order valence-corrected chi connectivity index (χ4v) is 3.62. The Kier molecular flexibility index (Phi) is 3.76. The predicted octanol–water partition coefficient (Wildman–Crippen LogP) is 3.27. The lowest BCUT2D eigenvalue weighted by Crippen LogP contribution is -2.07. The van der Waals surface area contributed by atoms with E-state index >= 15 is 0 Å². The molecule has 0 aliphatic carbocycles. The first-order valence-corrected chi connectivity index (χ1v) is 6.93. The summed E-state index contributed by atoms with van der Waals surface area (Å²) in [6, 6.07) is 2.34. The molecule has 3 nitrogen and oxygen atoms in total. The maximum Gasteiger partial charge on any atom is 0.416 e. The molecule has 0 saturated heterocycles. The van der Waals surface area contributed by atoms with Crippen LogP contribution in [0.4, 0.5) is 13.2 Å². The molecule has 0 saturated carbocycles. The van der Waals surface area contributed by atoms with Gasteiger partial charge in [-0.3, -0.25) is 0 Å². The number of halogens is 5. The molecule has 1 aromatic carbocycles. The van der Waals surface area contributed by atoms with Crippen molar-refractivity contribution >= 4 is 35.7 Å². The van der Waals surface area contributed by atoms with Gasteiger partial charge in [0.25, 0.3) is 9.05 Å². The molecule has 1 aromatic rings. The van der Waals surface area contributed by atoms with Gasteiger partial charge >= 0.3 is 6.18 Å². The van der Waals surface area contributed by atoms with Crippen LogP contribution in [0.1, 0.15) is 11.1 Å². The first kappa shape index (κ1) is 14.3. The standard InChI is InChI=1S/C8H2BrClF3NO2S/c9-6-2-5(8(11,12)13)1-4(3-14)7(6)17(10,15)16/h1-2H. The van der Waals surface area contributed by atoms with Crippen LogP contribution < -0.4 is 0 Å². The Morgan fingerprint density at radius 2 is 1.88 bits per heavy atom. The third kappa shape index (κ3) is 3.12. The molecule has 9 heteroatoms. The van der Waals surface area contributed by atoms with E-state index in [0.717, 1.165) is 0 Å². The fraction of sp³-hybridized carbons (Fsp3) is 0.125. The highest BCUT2D eigenvalue weighted by atomic mass is 79.9. The lowest BCUT2D eigenvalue weighted by Gasteiger charge is -2.10. The van der Waals surface area contributed by atoms with E-state index in [1.165, 1.54) is 6.07 Å². The van der Waals surface area contributed by atoms with Gasteiger partial charge < -0.3 is 0 Å². The molecule has 0 spiro atoms. The van der Waals surface area contributed by atoms with Crippen LogP contribution in [0.3, 0.4) is 0 Å². The van der Waals surface area contributed by atoms with Gasteiger partial charge in [-0.2, -0.15) is 18.4 Å². The molecule has 0 heterocycles. The maximum absolute atomic E-state index is 12.4. The van der Waals surface area contributed by atoms with Gasteiger partial charge in [-0.1, -0.05) is 0 Å². The van der Waals surface area contributed by atoms with Crippen molar-refractivity contribution in [3.63, 3.8) is 0 Å². The van der Waals surface area contributed by atoms with E-state index in [1.54, 1.807) is 0 Å². The van der Waals surface area contributed by atoms with Crippen LogP contribution in [0.25, 0.3) is 0 Å². The number of nitrogens with zero attached hydrogens (tertiary/aromatic N) is 1. The zero-order valence-corrected chi connectivity index (χ0v) is 10.9. The van der Waals surface area contributed by atoms with E-state index in [4.69, 9.17) is 15.9 Å². The zero-order valence-electron chi connectivity index (χ0n) is 7.72. The second-order valence-corrected chi connectivity index (χ2v) is 6.24. The molecule has 0 aliphatic heterocycles. The molecule has 0 unspecified atom stereocenters. The van der Waals surface area contributed by atoms with E-state index in [1.807, 2.05) is 0 Å². The van der Waals surface area contributed by atoms with Crippen molar-refractivity contribution in [2.75, 3.05) is 0 Å². The number of rotatable bonds is 1. The molecule has 0 fully saturated rings. The van der Waals surface area contributed by atoms with E-state index in [2.05, 4.69) is 15.9 Å². The summed E-state index contributed by atoms with van der Waals surface area (Å²) in [6.07, 6.45) is -4.68. The highest BCUT2D eigenvalue weighted by Crippen LogP contribution is 2.36. The highest BCUT2D eigenvalue weighted by Gasteiger charge is 2.33. The van der Waals surface area contributed by atoms with Crippen LogP contribution in [-0.4, -0.2) is 8.42 Å². The van der Waals surface area contributed by atoms with Gasteiger partial charge in [0.1, 0.15) is 11.0 Å². The Morgan fingerprint density at radius 1 is 1.35 bits per heavy atom. The van der Waals surface area contributed by atoms with Gasteiger partial charge in [0.05, 0.1) is 11.1 Å². The largest absolute Gasteiger partial charge is 0.416 e. The maximum atomic E-state index is 12.4. The molecular formula is C8H2BrClF3NO2S. The lowest BCUT2D eigenvalue weighted by molar-refractivity contribution is -0.137. The average Bonchev–Trinajstić information content (AvgIpc) is 2.12. The summed E-state index contributed by atoms with van der Waals surface area (Å²) in [4.78, 5) is -0.672. The molecule has 0 atom stereocenters. The van der Waals surface area contributed by atoms with Crippen molar-refractivity contribution in [1.82, 2.24) is 0 Å². The number of nitriles is 1. The summed E-state index contributed by atoms with van der Waals surface area (Å²) in [7, 11) is 0.721. The first-order chi connectivity index (χ1) is 7.57. The van der Waals surface area contributed by atoms with E-state index in [9.17, 15) is 21.6 Å². The minimum atomic E-state index is -4.68. The van der Waals surface area contributed by atoms with Gasteiger partial charge in [0.2, 0.25) is 0 Å². The van der Waals surface area contributed by atoms with Crippen LogP contribution in [0.2, 0.25) is 0 Å². The van der Waals surface area contributed by atoms with Crippen molar-refractivity contribution in [2.24, 2.45) is 0 Å². The number of alkyl halides is 3. The predicted molar refractivity (Wildman–Crippen MR) is 56.9 cm³/mol. The SMILES string of the molecule is N#Cc1cc(C(F)(F)F)cc(Br)c1S(=O)(=O)Cl. The quantitative estimate of drug-likeness (QED) is 0.732. The van der Waals surface area contributed by atoms with Crippen LogP contribution in [0, 0.1) is 11.3 Å². The fourth-order valence-electron chi connectivity index (χ4n) is 1.09. The molecular weight excluding hydrogens is 347 g/mol. The Balaban J connectivity index is 3.67. The number of benzene rings is 1. The molecule has 1 rings (SSSR count). The lowest BCUT2D eigenvalue weighted by atomic mass is 10.1. The summed E-state index contributed by atoms with van der Waals surface area (Å²) in [6.45, 7) is 0. The molecule has 0 radical (unpaired) electrons. The van der Waals surface area contributed by atoms with E-state index in [-0.39, 0.29) is 0 Å². The summed E-state index contributed by atoms with van der Waals surface area (Å²) >= 11 is 2.65. The van der Waals surface area contributed by atoms with Crippen molar-refractivity contribution in [2.45, 2.75) is 11.1 Å². The van der Waals surface area contributed by atoms with E-state index in [0.29, 0.717) is 12.1 Å². The number of hydrogen-bond donors (Lipinski definition) is 0. The van der Waals surface area contributed by atoms with Crippen molar-refractivity contribution in [3.05, 3.63) is 27.7 Å². The van der Waals surface area contributed by atoms with Crippen LogP contribution >= 0.6 is 26.6 Å². The second kappa shape index (κ2) is 4.48. The molecule has 0 N–H and O–H groups in total. The van der Waals surface area contributed by atoms with Gasteiger partial charge in [-0.25, -0.2) is 8.42 Å². The van der Waals surface area contributed by atoms with E-state index < -0.39 is 35.7 Å². The molecule has 92 valence electrons. The second-order valence-electron chi connectivity index (χ2n) is 2.88. The topological polar surface area (TPSA) is 57.9 Å². The smallest absolute Gasteiger partial charge is 0.207 e. The monoisotopic (exact) mass is 347 g/mol. The molecule has 0 bridgehead atoms. The highest BCUT2D eigenvalue weighted by molar-refractivity contribution is 9.10. The summed E-state index contributed by atoms with van der Waals surface area (Å²) < 4.78 is 59.0. The molecule has 0 aromatic heterocycles. The minimum Gasteiger partial charge on any atom is -0.207 e. The normalized spacial score (nSPS) is 12.2. The van der Waals surface area contributed by atoms with Crippen LogP contribution in [-0.2, 0) is 15.2 Å². The molecule has 0 aliphatic rings. The van der Waals surface area contributed by atoms with Gasteiger partial charge in [-0.15, -0.1) is 0 Å². The first-order valence-electron chi connectivity index (χ1n) is 3.83. The Morgan fingerprint density at radius 3 is 2.24 bits per heavy atom. The number of hydrogen-bond acceptors (Lipinski definition) is 3. The Hall–Kier alpha value is -0.780. The third-order valence-electron chi connectivity index (χ3n) is 1.74. The summed E-state index contributed by atoms with van der Waals surface area (Å²) in [5, 5.41) is 8.64. The third-order valence-corrected chi connectivity index (χ3v) is 4.01. The van der Waals surface area contributed by atoms with Crippen molar-refractivity contribution in [1.29, 1.82) is 5.26 Å². The molecule has 0 amide bonds. The van der Waals surface area contributed by atoms with Crippen molar-refractivity contribution in [3.8, 4) is 6.07 Å². The Bertz CT molecular complexity index is 606. The van der Waals surface area contributed by atoms with Crippen molar-refractivity contribution < 1.29 is 21.6 Å². The van der Waals surface area contributed by atoms with Gasteiger partial charge in [0, 0.05) is 15.2 Å². The molecule has 17 heavy (non-hydrogen) atoms. The minimum absolute atomic E-state index is 0.404. The van der Waals surface area contributed by atoms with Gasteiger partial charge in [0.15, 0.2) is 0 Å². The zero-order chi connectivity index (χ0) is 13.4.